The van der Waals surface area contributed by atoms with Crippen molar-refractivity contribution < 1.29 is 14.6 Å². The number of hydrogen-bond donors (Lipinski definition) is 1. The molecule has 0 aliphatic carbocycles. The van der Waals surface area contributed by atoms with Crippen molar-refractivity contribution in [2.24, 2.45) is 0 Å². The number of nitrogens with zero attached hydrogens (tertiary/aromatic N) is 4. The van der Waals surface area contributed by atoms with Crippen LogP contribution in [0.5, 0.6) is 0 Å². The molecule has 0 spiro atoms. The zero-order valence-electron chi connectivity index (χ0n) is 15.9. The second kappa shape index (κ2) is 8.98. The van der Waals surface area contributed by atoms with Crippen LogP contribution in [-0.4, -0.2) is 51.4 Å². The van der Waals surface area contributed by atoms with Gasteiger partial charge in [0.1, 0.15) is 5.82 Å². The van der Waals surface area contributed by atoms with Gasteiger partial charge in [-0.1, -0.05) is 34.8 Å². The molecule has 0 amide bonds. The summed E-state index contributed by atoms with van der Waals surface area (Å²) in [7, 11) is 0. The highest BCUT2D eigenvalue weighted by Crippen LogP contribution is 2.40. The van der Waals surface area contributed by atoms with Crippen molar-refractivity contribution in [1.29, 1.82) is 0 Å². The van der Waals surface area contributed by atoms with Crippen molar-refractivity contribution in [3.8, 4) is 5.69 Å². The van der Waals surface area contributed by atoms with E-state index in [-0.39, 0.29) is 24.1 Å². The smallest absolute Gasteiger partial charge is 0.305 e. The van der Waals surface area contributed by atoms with E-state index in [0.717, 1.165) is 36.3 Å². The van der Waals surface area contributed by atoms with Crippen LogP contribution in [0, 0.1) is 0 Å². The Labute approximate surface area is 188 Å². The molecule has 1 saturated heterocycles. The molecule has 0 unspecified atom stereocenters. The maximum absolute atomic E-state index is 10.7. The topological polar surface area (TPSA) is 80.5 Å². The van der Waals surface area contributed by atoms with Gasteiger partial charge in [0.15, 0.2) is 0 Å². The number of hydrogen-bond acceptors (Lipinski definition) is 5. The monoisotopic (exact) mass is 468 g/mol. The molecule has 1 aliphatic heterocycles. The summed E-state index contributed by atoms with van der Waals surface area (Å²) in [5.41, 5.74) is 1.40. The fourth-order valence-electron chi connectivity index (χ4n) is 3.69. The Hall–Kier alpha value is -2.06. The summed E-state index contributed by atoms with van der Waals surface area (Å²) in [4.78, 5) is 21.8. The lowest BCUT2D eigenvalue weighted by molar-refractivity contribution is -0.138. The molecule has 0 saturated carbocycles. The largest absolute Gasteiger partial charge is 0.481 e. The van der Waals surface area contributed by atoms with Crippen LogP contribution in [0.15, 0.2) is 30.9 Å². The average molecular weight is 470 g/mol. The molecule has 1 aromatic carbocycles. The number of carbonyl (C=O) groups is 1. The first-order chi connectivity index (χ1) is 14.5. The number of rotatable bonds is 7. The van der Waals surface area contributed by atoms with Gasteiger partial charge in [0, 0.05) is 30.4 Å². The molecule has 3 aromatic rings. The van der Waals surface area contributed by atoms with Crippen LogP contribution in [0.4, 0.5) is 5.82 Å². The van der Waals surface area contributed by atoms with Crippen molar-refractivity contribution >= 4 is 57.5 Å². The van der Waals surface area contributed by atoms with E-state index in [4.69, 9.17) is 49.6 Å². The number of aromatic nitrogens is 3. The van der Waals surface area contributed by atoms with Crippen LogP contribution in [0.25, 0.3) is 16.6 Å². The molecule has 3 heterocycles. The van der Waals surface area contributed by atoms with Crippen molar-refractivity contribution in [2.45, 2.75) is 25.3 Å². The molecule has 4 rings (SSSR count). The minimum atomic E-state index is -0.871. The molecule has 1 N–H and O–H groups in total. The highest BCUT2D eigenvalue weighted by atomic mass is 35.5. The first-order valence-electron chi connectivity index (χ1n) is 9.48. The highest BCUT2D eigenvalue weighted by Gasteiger charge is 2.27. The molecule has 0 bridgehead atoms. The minimum absolute atomic E-state index is 0.0133. The third kappa shape index (κ3) is 4.21. The molecule has 1 fully saturated rings. The average Bonchev–Trinajstić information content (AvgIpc) is 3.41. The quantitative estimate of drug-likeness (QED) is 0.394. The van der Waals surface area contributed by atoms with E-state index in [0.29, 0.717) is 22.2 Å². The maximum Gasteiger partial charge on any atom is 0.305 e. The Balaban J connectivity index is 1.73. The maximum atomic E-state index is 10.7. The lowest BCUT2D eigenvalue weighted by atomic mass is 10.1. The van der Waals surface area contributed by atoms with Crippen LogP contribution in [-0.2, 0) is 9.53 Å². The fraction of sp³-hybridized carbons (Fsp3) is 0.350. The highest BCUT2D eigenvalue weighted by molar-refractivity contribution is 6.50. The second-order valence-electron chi connectivity index (χ2n) is 7.06. The Morgan fingerprint density at radius 2 is 2.10 bits per heavy atom. The van der Waals surface area contributed by atoms with Gasteiger partial charge in [-0.2, -0.15) is 0 Å². The van der Waals surface area contributed by atoms with Crippen LogP contribution in [0.1, 0.15) is 19.3 Å². The standard InChI is InChI=1S/C20H19Cl3N4O3/c21-14-8-13-15(26-6-4-24-11-26)9-16(25-20(13)19(23)18(14)22)27-5-1-2-12(27)10-30-7-3-17(28)29/h4,6,8-9,11-12H,1-3,5,7,10H2,(H,28,29)/t12-/m0/s1. The number of ether oxygens (including phenoxy) is 1. The van der Waals surface area contributed by atoms with E-state index in [9.17, 15) is 4.79 Å². The fourth-order valence-corrected chi connectivity index (χ4v) is 4.33. The molecule has 30 heavy (non-hydrogen) atoms. The summed E-state index contributed by atoms with van der Waals surface area (Å²) >= 11 is 19.1. The molecule has 1 aliphatic rings. The number of fused-ring (bicyclic) bond motifs is 1. The second-order valence-corrected chi connectivity index (χ2v) is 8.22. The minimum Gasteiger partial charge on any atom is -0.481 e. The number of halogens is 3. The van der Waals surface area contributed by atoms with Crippen molar-refractivity contribution in [3.63, 3.8) is 0 Å². The predicted molar refractivity (Wildman–Crippen MR) is 117 cm³/mol. The first kappa shape index (κ1) is 21.2. The SMILES string of the molecule is O=C(O)CCOC[C@@H]1CCCN1c1cc(-n2ccnc2)c2cc(Cl)c(Cl)c(Cl)c2n1. The molecule has 0 radical (unpaired) electrons. The van der Waals surface area contributed by atoms with Crippen molar-refractivity contribution in [1.82, 2.24) is 14.5 Å². The van der Waals surface area contributed by atoms with E-state index in [2.05, 4.69) is 9.88 Å². The van der Waals surface area contributed by atoms with Crippen LogP contribution in [0.3, 0.4) is 0 Å². The Morgan fingerprint density at radius 1 is 1.27 bits per heavy atom. The summed E-state index contributed by atoms with van der Waals surface area (Å²) in [6.07, 6.45) is 7.14. The van der Waals surface area contributed by atoms with Crippen LogP contribution >= 0.6 is 34.8 Å². The number of imidazole rings is 1. The third-order valence-electron chi connectivity index (χ3n) is 5.13. The van der Waals surface area contributed by atoms with Gasteiger partial charge in [-0.15, -0.1) is 0 Å². The van der Waals surface area contributed by atoms with E-state index in [1.807, 2.05) is 16.8 Å². The number of carboxylic acid groups (broad SMARTS) is 1. The molecule has 10 heteroatoms. The summed E-state index contributed by atoms with van der Waals surface area (Å²) in [5, 5.41) is 10.5. The van der Waals surface area contributed by atoms with Gasteiger partial charge in [0.25, 0.3) is 0 Å². The Bertz CT molecular complexity index is 1080. The number of aliphatic carboxylic acids is 1. The van der Waals surface area contributed by atoms with Gasteiger partial charge in [-0.25, -0.2) is 9.97 Å². The lowest BCUT2D eigenvalue weighted by Crippen LogP contribution is -2.34. The van der Waals surface area contributed by atoms with Gasteiger partial charge >= 0.3 is 5.97 Å². The van der Waals surface area contributed by atoms with Gasteiger partial charge in [0.2, 0.25) is 0 Å². The summed E-state index contributed by atoms with van der Waals surface area (Å²) in [6, 6.07) is 3.83. The lowest BCUT2D eigenvalue weighted by Gasteiger charge is -2.27. The predicted octanol–water partition coefficient (Wildman–Crippen LogP) is 4.84. The van der Waals surface area contributed by atoms with Crippen LogP contribution in [0.2, 0.25) is 15.1 Å². The molecule has 158 valence electrons. The molecular weight excluding hydrogens is 451 g/mol. The summed E-state index contributed by atoms with van der Waals surface area (Å²) in [5.74, 6) is -0.125. The number of pyridine rings is 1. The Morgan fingerprint density at radius 3 is 2.83 bits per heavy atom. The molecular formula is C20H19Cl3N4O3. The first-order valence-corrected chi connectivity index (χ1v) is 10.6. The Kier molecular flexibility index (Phi) is 6.34. The molecule has 1 atom stereocenters. The van der Waals surface area contributed by atoms with E-state index < -0.39 is 5.97 Å². The van der Waals surface area contributed by atoms with E-state index >= 15 is 0 Å². The number of benzene rings is 1. The van der Waals surface area contributed by atoms with Gasteiger partial charge in [-0.05, 0) is 18.9 Å². The molecule has 2 aromatic heterocycles. The molecule has 7 nitrogen and oxygen atoms in total. The van der Waals surface area contributed by atoms with Crippen molar-refractivity contribution in [3.05, 3.63) is 45.9 Å². The van der Waals surface area contributed by atoms with Gasteiger partial charge in [-0.3, -0.25) is 4.79 Å². The van der Waals surface area contributed by atoms with E-state index in [1.165, 1.54) is 0 Å². The van der Waals surface area contributed by atoms with Gasteiger partial charge < -0.3 is 19.3 Å². The normalized spacial score (nSPS) is 16.5. The number of carboxylic acids is 1. The summed E-state index contributed by atoms with van der Waals surface area (Å²) < 4.78 is 7.48. The summed E-state index contributed by atoms with van der Waals surface area (Å²) in [6.45, 7) is 1.43. The van der Waals surface area contributed by atoms with Gasteiger partial charge in [0.05, 0.1) is 58.3 Å². The van der Waals surface area contributed by atoms with E-state index in [1.54, 1.807) is 18.6 Å². The zero-order valence-corrected chi connectivity index (χ0v) is 18.2. The number of anilines is 1. The zero-order chi connectivity index (χ0) is 21.3. The van der Waals surface area contributed by atoms with Crippen LogP contribution < -0.4 is 4.90 Å². The third-order valence-corrected chi connectivity index (χ3v) is 6.38. The van der Waals surface area contributed by atoms with Crippen molar-refractivity contribution in [2.75, 3.05) is 24.7 Å².